The molecule has 2 aromatic heterocycles. The average Bonchev–Trinajstić information content (AvgIpc) is 3.55. The summed E-state index contributed by atoms with van der Waals surface area (Å²) in [6.07, 6.45) is 3.75. The maximum atomic E-state index is 13.0. The number of nitrogens with one attached hydrogen (secondary N) is 2. The highest BCUT2D eigenvalue weighted by Crippen LogP contribution is 2.40. The van der Waals surface area contributed by atoms with E-state index in [9.17, 15) is 9.59 Å². The van der Waals surface area contributed by atoms with Crippen LogP contribution in [-0.4, -0.2) is 21.5 Å². The van der Waals surface area contributed by atoms with Crippen molar-refractivity contribution in [2.45, 2.75) is 44.9 Å². The molecule has 0 fully saturated rings. The van der Waals surface area contributed by atoms with Gasteiger partial charge in [-0.2, -0.15) is 0 Å². The predicted octanol–water partition coefficient (Wildman–Crippen LogP) is 6.69. The van der Waals surface area contributed by atoms with E-state index in [0.717, 1.165) is 37.1 Å². The second-order valence-corrected chi connectivity index (χ2v) is 8.54. The first-order valence-electron chi connectivity index (χ1n) is 11.7. The number of hydrogen-bond acceptors (Lipinski definition) is 2. The highest BCUT2D eigenvalue weighted by Gasteiger charge is 2.36. The van der Waals surface area contributed by atoms with E-state index in [1.165, 1.54) is 0 Å². The lowest BCUT2D eigenvalue weighted by Crippen LogP contribution is -2.29. The normalized spacial score (nSPS) is 11.5. The van der Waals surface area contributed by atoms with Gasteiger partial charge in [-0.25, -0.2) is 0 Å². The van der Waals surface area contributed by atoms with Crippen LogP contribution in [0.4, 0.5) is 0 Å². The highest BCUT2D eigenvalue weighted by atomic mass is 16.1. The Labute approximate surface area is 195 Å². The second-order valence-electron chi connectivity index (χ2n) is 8.54. The molecule has 4 heteroatoms. The Morgan fingerprint density at radius 2 is 1.00 bits per heavy atom. The summed E-state index contributed by atoms with van der Waals surface area (Å²) in [6, 6.07) is 26.5. The Morgan fingerprint density at radius 1 is 0.606 bits per heavy atom. The average molecular weight is 439 g/mol. The molecular formula is C29H30N2O2. The van der Waals surface area contributed by atoms with Crippen LogP contribution in [0.2, 0.25) is 0 Å². The van der Waals surface area contributed by atoms with Crippen LogP contribution in [-0.2, 0) is 5.41 Å². The Balaban J connectivity index is 1.72. The number of benzene rings is 2. The molecule has 4 rings (SSSR count). The summed E-state index contributed by atoms with van der Waals surface area (Å²) in [5.41, 5.74) is 4.18. The van der Waals surface area contributed by atoms with Crippen LogP contribution in [0.5, 0.6) is 0 Å². The van der Waals surface area contributed by atoms with Crippen LogP contribution in [0.1, 0.15) is 83.0 Å². The van der Waals surface area contributed by atoms with Crippen molar-refractivity contribution in [3.63, 3.8) is 0 Å². The van der Waals surface area contributed by atoms with Crippen molar-refractivity contribution in [1.29, 1.82) is 0 Å². The third kappa shape index (κ3) is 4.47. The molecule has 0 spiro atoms. The fraction of sp³-hybridized carbons (Fsp3) is 0.241. The summed E-state index contributed by atoms with van der Waals surface area (Å²) in [7, 11) is 0. The molecule has 0 atom stereocenters. The molecule has 4 aromatic rings. The predicted molar refractivity (Wildman–Crippen MR) is 132 cm³/mol. The quantitative estimate of drug-likeness (QED) is 0.271. The van der Waals surface area contributed by atoms with Gasteiger partial charge >= 0.3 is 0 Å². The Morgan fingerprint density at radius 3 is 1.36 bits per heavy atom. The van der Waals surface area contributed by atoms with E-state index >= 15 is 0 Å². The Kier molecular flexibility index (Phi) is 6.74. The van der Waals surface area contributed by atoms with Gasteiger partial charge in [0.05, 0.1) is 16.8 Å². The van der Waals surface area contributed by atoms with Gasteiger partial charge in [-0.05, 0) is 37.1 Å². The molecule has 0 radical (unpaired) electrons. The number of H-pyrrole nitrogens is 2. The molecule has 168 valence electrons. The van der Waals surface area contributed by atoms with Gasteiger partial charge in [-0.15, -0.1) is 0 Å². The lowest BCUT2D eigenvalue weighted by Gasteiger charge is -2.32. The van der Waals surface area contributed by atoms with Crippen molar-refractivity contribution in [3.8, 4) is 0 Å². The molecule has 0 bridgehead atoms. The number of carbonyl (C=O) groups excluding carboxylic acids is 2. The summed E-state index contributed by atoms with van der Waals surface area (Å²) in [4.78, 5) is 32.9. The number of carbonyl (C=O) groups is 2. The molecule has 0 aliphatic carbocycles. The molecule has 0 saturated heterocycles. The monoisotopic (exact) mass is 438 g/mol. The summed E-state index contributed by atoms with van der Waals surface area (Å²) in [6.45, 7) is 4.34. The van der Waals surface area contributed by atoms with Crippen LogP contribution in [0.15, 0.2) is 84.9 Å². The minimum absolute atomic E-state index is 0.0184. The van der Waals surface area contributed by atoms with Crippen molar-refractivity contribution in [3.05, 3.63) is 119 Å². The van der Waals surface area contributed by atoms with Gasteiger partial charge in [0.1, 0.15) is 0 Å². The van der Waals surface area contributed by atoms with Gasteiger partial charge < -0.3 is 9.97 Å². The molecule has 0 aliphatic heterocycles. The maximum absolute atomic E-state index is 13.0. The zero-order valence-electron chi connectivity index (χ0n) is 19.2. The smallest absolute Gasteiger partial charge is 0.209 e. The Bertz CT molecular complexity index is 1120. The van der Waals surface area contributed by atoms with Gasteiger partial charge in [0.2, 0.25) is 11.6 Å². The van der Waals surface area contributed by atoms with Crippen molar-refractivity contribution in [1.82, 2.24) is 9.97 Å². The number of ketones is 2. The van der Waals surface area contributed by atoms with Crippen molar-refractivity contribution in [2.24, 2.45) is 0 Å². The summed E-state index contributed by atoms with van der Waals surface area (Å²) >= 11 is 0. The standard InChI is InChI=1S/C29H30N2O2/c1-3-19-29(20-4-2,25-17-15-23(30-25)27(32)21-11-7-5-8-12-21)26-18-16-24(31-26)28(33)22-13-9-6-10-14-22/h5-18,30-31H,3-4,19-20H2,1-2H3. The molecule has 2 heterocycles. The molecule has 33 heavy (non-hydrogen) atoms. The van der Waals surface area contributed by atoms with Gasteiger partial charge in [0.15, 0.2) is 0 Å². The number of aromatic amines is 2. The van der Waals surface area contributed by atoms with Crippen LogP contribution in [0.3, 0.4) is 0 Å². The van der Waals surface area contributed by atoms with E-state index in [1.807, 2.05) is 84.9 Å². The first kappa shape index (κ1) is 22.5. The van der Waals surface area contributed by atoms with Crippen LogP contribution in [0, 0.1) is 0 Å². The van der Waals surface area contributed by atoms with Crippen molar-refractivity contribution in [2.75, 3.05) is 0 Å². The lowest BCUT2D eigenvalue weighted by atomic mass is 9.74. The zero-order valence-corrected chi connectivity index (χ0v) is 19.2. The molecule has 0 aliphatic rings. The van der Waals surface area contributed by atoms with E-state index in [1.54, 1.807) is 0 Å². The molecular weight excluding hydrogens is 408 g/mol. The minimum Gasteiger partial charge on any atom is -0.355 e. The van der Waals surface area contributed by atoms with E-state index in [-0.39, 0.29) is 17.0 Å². The molecule has 0 saturated carbocycles. The first-order valence-corrected chi connectivity index (χ1v) is 11.7. The number of aromatic nitrogens is 2. The van der Waals surface area contributed by atoms with E-state index in [4.69, 9.17) is 0 Å². The van der Waals surface area contributed by atoms with Crippen molar-refractivity contribution < 1.29 is 9.59 Å². The van der Waals surface area contributed by atoms with Gasteiger partial charge in [0.25, 0.3) is 0 Å². The van der Waals surface area contributed by atoms with Gasteiger partial charge in [0, 0.05) is 22.5 Å². The molecule has 2 aromatic carbocycles. The Hall–Kier alpha value is -3.66. The second kappa shape index (κ2) is 9.86. The third-order valence-corrected chi connectivity index (χ3v) is 6.32. The van der Waals surface area contributed by atoms with Gasteiger partial charge in [-0.1, -0.05) is 87.4 Å². The molecule has 4 nitrogen and oxygen atoms in total. The molecule has 2 N–H and O–H groups in total. The fourth-order valence-corrected chi connectivity index (χ4v) is 4.77. The fourth-order valence-electron chi connectivity index (χ4n) is 4.77. The van der Waals surface area contributed by atoms with E-state index in [2.05, 4.69) is 23.8 Å². The number of rotatable bonds is 10. The van der Waals surface area contributed by atoms with E-state index in [0.29, 0.717) is 22.5 Å². The minimum atomic E-state index is -0.325. The SMILES string of the molecule is CCCC(CCC)(c1ccc(C(=O)c2ccccc2)[nH]1)c1ccc(C(=O)c2ccccc2)[nH]1. The van der Waals surface area contributed by atoms with Crippen LogP contribution < -0.4 is 0 Å². The highest BCUT2D eigenvalue weighted by molar-refractivity contribution is 6.08. The van der Waals surface area contributed by atoms with Crippen molar-refractivity contribution >= 4 is 11.6 Å². The van der Waals surface area contributed by atoms with Crippen LogP contribution >= 0.6 is 0 Å². The molecule has 0 unspecified atom stereocenters. The third-order valence-electron chi connectivity index (χ3n) is 6.32. The largest absolute Gasteiger partial charge is 0.355 e. The summed E-state index contributed by atoms with van der Waals surface area (Å²) in [5, 5.41) is 0. The topological polar surface area (TPSA) is 65.7 Å². The lowest BCUT2D eigenvalue weighted by molar-refractivity contribution is 0.102. The number of hydrogen-bond donors (Lipinski definition) is 2. The molecule has 0 amide bonds. The summed E-state index contributed by atoms with van der Waals surface area (Å²) in [5.74, 6) is -0.0367. The van der Waals surface area contributed by atoms with E-state index < -0.39 is 0 Å². The van der Waals surface area contributed by atoms with Gasteiger partial charge in [-0.3, -0.25) is 9.59 Å². The maximum Gasteiger partial charge on any atom is 0.209 e. The first-order chi connectivity index (χ1) is 16.1. The summed E-state index contributed by atoms with van der Waals surface area (Å²) < 4.78 is 0. The zero-order chi connectivity index (χ0) is 23.3. The van der Waals surface area contributed by atoms with Crippen LogP contribution in [0.25, 0.3) is 0 Å².